The van der Waals surface area contributed by atoms with Gasteiger partial charge in [-0.05, 0) is 13.8 Å². The van der Waals surface area contributed by atoms with Crippen LogP contribution in [0, 0.1) is 6.92 Å². The molecule has 0 aromatic carbocycles. The summed E-state index contributed by atoms with van der Waals surface area (Å²) in [6, 6.07) is 0. The smallest absolute Gasteiger partial charge is 0.330 e. The lowest BCUT2D eigenvalue weighted by Gasteiger charge is -1.99. The minimum atomic E-state index is -0.468. The second kappa shape index (κ2) is 3.94. The average molecular weight is 260 g/mol. The third-order valence-corrected chi connectivity index (χ3v) is 3.03. The zero-order chi connectivity index (χ0) is 13.6. The van der Waals surface area contributed by atoms with Crippen molar-refractivity contribution in [3.63, 3.8) is 0 Å². The fourth-order valence-corrected chi connectivity index (χ4v) is 2.05. The number of fused-ring (bicyclic) bond motifs is 1. The topological polar surface area (TPSA) is 112 Å². The van der Waals surface area contributed by atoms with Crippen LogP contribution in [0.25, 0.3) is 22.6 Å². The molecule has 0 fully saturated rings. The van der Waals surface area contributed by atoms with Gasteiger partial charge >= 0.3 is 5.69 Å². The van der Waals surface area contributed by atoms with Crippen LogP contribution in [0.3, 0.4) is 0 Å². The molecule has 0 unspecified atom stereocenters. The van der Waals surface area contributed by atoms with Gasteiger partial charge in [0.1, 0.15) is 11.3 Å². The Morgan fingerprint density at radius 3 is 2.74 bits per heavy atom. The molecule has 0 aliphatic rings. The fraction of sp³-hybridized carbons (Fsp3) is 0.273. The van der Waals surface area contributed by atoms with Crippen LogP contribution in [0.1, 0.15) is 12.6 Å². The van der Waals surface area contributed by atoms with Crippen LogP contribution >= 0.6 is 0 Å². The molecule has 19 heavy (non-hydrogen) atoms. The van der Waals surface area contributed by atoms with Crippen molar-refractivity contribution >= 4 is 11.2 Å². The van der Waals surface area contributed by atoms with E-state index in [1.165, 1.54) is 4.57 Å². The van der Waals surface area contributed by atoms with Gasteiger partial charge in [-0.1, -0.05) is 0 Å². The van der Waals surface area contributed by atoms with Gasteiger partial charge in [-0.25, -0.2) is 9.78 Å². The molecule has 3 aromatic rings. The highest BCUT2D eigenvalue weighted by molar-refractivity contribution is 5.75. The highest BCUT2D eigenvalue weighted by atomic mass is 16.2. The maximum absolute atomic E-state index is 11.8. The molecular formula is C11H12N6O2. The summed E-state index contributed by atoms with van der Waals surface area (Å²) in [5, 5.41) is 6.71. The Bertz CT molecular complexity index is 865. The van der Waals surface area contributed by atoms with Crippen molar-refractivity contribution in [1.82, 2.24) is 29.7 Å². The van der Waals surface area contributed by atoms with Gasteiger partial charge in [-0.15, -0.1) is 0 Å². The number of aryl methyl sites for hydroxylation is 2. The Labute approximate surface area is 106 Å². The number of aromatic nitrogens is 6. The van der Waals surface area contributed by atoms with Gasteiger partial charge < -0.3 is 4.98 Å². The summed E-state index contributed by atoms with van der Waals surface area (Å²) in [5.74, 6) is 0.513. The summed E-state index contributed by atoms with van der Waals surface area (Å²) in [6.07, 6.45) is 1.62. The average Bonchev–Trinajstić information content (AvgIpc) is 2.95. The van der Waals surface area contributed by atoms with Crippen LogP contribution < -0.4 is 11.2 Å². The van der Waals surface area contributed by atoms with Gasteiger partial charge in [0.15, 0.2) is 5.65 Å². The Balaban J connectivity index is 2.38. The maximum Gasteiger partial charge on any atom is 0.330 e. The maximum atomic E-state index is 11.8. The summed E-state index contributed by atoms with van der Waals surface area (Å²) in [7, 11) is 0. The number of hydrogen-bond donors (Lipinski definition) is 3. The van der Waals surface area contributed by atoms with Gasteiger partial charge in [0.2, 0.25) is 0 Å². The molecule has 98 valence electrons. The SMILES string of the molecule is CCn1c(=O)[nH]c(=O)c2[nH]c(-c3cn[nH]c3C)nc21. The number of hydrogen-bond acceptors (Lipinski definition) is 4. The molecule has 0 saturated heterocycles. The van der Waals surface area contributed by atoms with Crippen LogP contribution in [0.15, 0.2) is 15.8 Å². The largest absolute Gasteiger partial charge is 0.332 e. The van der Waals surface area contributed by atoms with Crippen molar-refractivity contribution < 1.29 is 0 Å². The molecule has 0 radical (unpaired) electrons. The first-order valence-corrected chi connectivity index (χ1v) is 5.85. The van der Waals surface area contributed by atoms with E-state index >= 15 is 0 Å². The van der Waals surface area contributed by atoms with Crippen molar-refractivity contribution in [3.8, 4) is 11.4 Å². The molecule has 0 bridgehead atoms. The normalized spacial score (nSPS) is 11.3. The lowest BCUT2D eigenvalue weighted by Crippen LogP contribution is -2.29. The number of nitrogens with one attached hydrogen (secondary N) is 3. The Morgan fingerprint density at radius 2 is 2.11 bits per heavy atom. The van der Waals surface area contributed by atoms with Crippen molar-refractivity contribution in [2.24, 2.45) is 0 Å². The van der Waals surface area contributed by atoms with Crippen LogP contribution in [-0.2, 0) is 6.54 Å². The van der Waals surface area contributed by atoms with Crippen LogP contribution in [0.2, 0.25) is 0 Å². The van der Waals surface area contributed by atoms with Gasteiger partial charge in [0, 0.05) is 12.2 Å². The van der Waals surface area contributed by atoms with Crippen LogP contribution in [-0.4, -0.2) is 29.7 Å². The molecule has 0 spiro atoms. The highest BCUT2D eigenvalue weighted by Gasteiger charge is 2.14. The van der Waals surface area contributed by atoms with Crippen molar-refractivity contribution in [2.75, 3.05) is 0 Å². The van der Waals surface area contributed by atoms with Crippen molar-refractivity contribution in [1.29, 1.82) is 0 Å². The summed E-state index contributed by atoms with van der Waals surface area (Å²) in [5.41, 5.74) is 1.32. The number of imidazole rings is 1. The first kappa shape index (κ1) is 11.5. The van der Waals surface area contributed by atoms with E-state index in [9.17, 15) is 9.59 Å². The van der Waals surface area contributed by atoms with E-state index in [1.807, 2.05) is 13.8 Å². The van der Waals surface area contributed by atoms with Gasteiger partial charge in [-0.3, -0.25) is 19.4 Å². The molecule has 0 atom stereocenters. The summed E-state index contributed by atoms with van der Waals surface area (Å²) >= 11 is 0. The van der Waals surface area contributed by atoms with Crippen LogP contribution in [0.4, 0.5) is 0 Å². The second-order valence-electron chi connectivity index (χ2n) is 4.20. The van der Waals surface area contributed by atoms with E-state index in [2.05, 4.69) is 25.1 Å². The molecule has 0 aliphatic carbocycles. The highest BCUT2D eigenvalue weighted by Crippen LogP contribution is 2.19. The van der Waals surface area contributed by atoms with Crippen molar-refractivity contribution in [2.45, 2.75) is 20.4 Å². The lowest BCUT2D eigenvalue weighted by atomic mass is 10.2. The zero-order valence-corrected chi connectivity index (χ0v) is 10.4. The summed E-state index contributed by atoms with van der Waals surface area (Å²) in [4.78, 5) is 33.0. The number of nitrogens with zero attached hydrogens (tertiary/aromatic N) is 3. The molecular weight excluding hydrogens is 248 g/mol. The minimum Gasteiger partial charge on any atom is -0.332 e. The van der Waals surface area contributed by atoms with E-state index in [1.54, 1.807) is 6.20 Å². The first-order valence-electron chi connectivity index (χ1n) is 5.85. The van der Waals surface area contributed by atoms with E-state index in [0.29, 0.717) is 18.0 Å². The van der Waals surface area contributed by atoms with E-state index in [4.69, 9.17) is 0 Å². The van der Waals surface area contributed by atoms with E-state index < -0.39 is 11.2 Å². The fourth-order valence-electron chi connectivity index (χ4n) is 2.05. The standard InChI is InChI=1S/C11H12N6O2/c1-3-17-9-7(10(18)15-11(17)19)13-8(14-9)6-4-12-16-5(6)2/h4H,3H2,1-2H3,(H,12,16)(H,13,14)(H,15,18,19). The molecule has 0 saturated carbocycles. The monoisotopic (exact) mass is 260 g/mol. The third-order valence-electron chi connectivity index (χ3n) is 3.03. The van der Waals surface area contributed by atoms with Crippen LogP contribution in [0.5, 0.6) is 0 Å². The Hall–Kier alpha value is -2.64. The predicted octanol–water partition coefficient (Wildman–Crippen LogP) is 0.131. The molecule has 3 N–H and O–H groups in total. The molecule has 0 aliphatic heterocycles. The quantitative estimate of drug-likeness (QED) is 0.608. The molecule has 8 heteroatoms. The molecule has 3 rings (SSSR count). The molecule has 3 aromatic heterocycles. The third kappa shape index (κ3) is 1.60. The molecule has 3 heterocycles. The predicted molar refractivity (Wildman–Crippen MR) is 69.0 cm³/mol. The minimum absolute atomic E-state index is 0.289. The van der Waals surface area contributed by atoms with Gasteiger partial charge in [0.05, 0.1) is 11.8 Å². The summed E-state index contributed by atoms with van der Waals surface area (Å²) < 4.78 is 1.41. The number of H-pyrrole nitrogens is 3. The van der Waals surface area contributed by atoms with Gasteiger partial charge in [0.25, 0.3) is 5.56 Å². The second-order valence-corrected chi connectivity index (χ2v) is 4.20. The Morgan fingerprint density at radius 1 is 1.32 bits per heavy atom. The van der Waals surface area contributed by atoms with Gasteiger partial charge in [-0.2, -0.15) is 5.10 Å². The van der Waals surface area contributed by atoms with E-state index in [0.717, 1.165) is 11.3 Å². The number of aromatic amines is 3. The summed E-state index contributed by atoms with van der Waals surface area (Å²) in [6.45, 7) is 4.10. The lowest BCUT2D eigenvalue weighted by molar-refractivity contribution is 0.720. The van der Waals surface area contributed by atoms with E-state index in [-0.39, 0.29) is 5.52 Å². The zero-order valence-electron chi connectivity index (χ0n) is 10.4. The number of rotatable bonds is 2. The van der Waals surface area contributed by atoms with Crippen molar-refractivity contribution in [3.05, 3.63) is 32.7 Å². The molecule has 0 amide bonds. The molecule has 8 nitrogen and oxygen atoms in total. The first-order chi connectivity index (χ1) is 9.11. The Kier molecular flexibility index (Phi) is 2.37.